The summed E-state index contributed by atoms with van der Waals surface area (Å²) in [4.78, 5) is 23.3. The third-order valence-electron chi connectivity index (χ3n) is 4.77. The molecule has 0 aromatic heterocycles. The van der Waals surface area contributed by atoms with Crippen LogP contribution >= 0.6 is 0 Å². The average Bonchev–Trinajstić information content (AvgIpc) is 2.62. The molecule has 4 heteroatoms. The van der Waals surface area contributed by atoms with E-state index in [-0.39, 0.29) is 11.0 Å². The first kappa shape index (κ1) is 18.4. The molecule has 3 nitrogen and oxygen atoms in total. The van der Waals surface area contributed by atoms with E-state index in [4.69, 9.17) is 4.74 Å². The highest BCUT2D eigenvalue weighted by atomic mass is 28.4. The van der Waals surface area contributed by atoms with Crippen LogP contribution in [0, 0.1) is 0 Å². The maximum absolute atomic E-state index is 11.9. The van der Waals surface area contributed by atoms with Crippen molar-refractivity contribution in [3.8, 4) is 0 Å². The van der Waals surface area contributed by atoms with Crippen LogP contribution in [0.25, 0.3) is 0 Å². The van der Waals surface area contributed by atoms with Crippen molar-refractivity contribution in [1.82, 2.24) is 0 Å². The predicted molar refractivity (Wildman–Crippen MR) is 100 cm³/mol. The van der Waals surface area contributed by atoms with E-state index in [1.807, 2.05) is 60.7 Å². The van der Waals surface area contributed by atoms with Crippen molar-refractivity contribution >= 4 is 24.7 Å². The molecule has 0 unspecified atom stereocenters. The predicted octanol–water partition coefficient (Wildman–Crippen LogP) is 2.86. The number of carbonyl (C=O) groups excluding carboxylic acids is 1. The molecule has 2 aromatic rings. The normalized spacial score (nSPS) is 12.0. The molecule has 24 heavy (non-hydrogen) atoms. The molecule has 0 heterocycles. The highest BCUT2D eigenvalue weighted by Gasteiger charge is 2.49. The highest BCUT2D eigenvalue weighted by Crippen LogP contribution is 2.40. The van der Waals surface area contributed by atoms with Crippen LogP contribution in [-0.4, -0.2) is 26.2 Å². The third kappa shape index (κ3) is 3.76. The summed E-state index contributed by atoms with van der Waals surface area (Å²) in [5, 5.41) is 1.68. The van der Waals surface area contributed by atoms with Gasteiger partial charge in [-0.1, -0.05) is 74.5 Å². The van der Waals surface area contributed by atoms with Crippen molar-refractivity contribution in [1.29, 1.82) is 0 Å². The van der Waals surface area contributed by atoms with Gasteiger partial charge in [-0.2, -0.15) is 0 Å². The molecule has 0 saturated carbocycles. The van der Waals surface area contributed by atoms with E-state index in [1.165, 1.54) is 7.11 Å². The number of ether oxygens (including phenoxy) is 1. The fourth-order valence-electron chi connectivity index (χ4n) is 3.26. The standard InChI is InChI=1S/C20H26O3Si/c1-20(2,16-10-15-19(21)23-3)24(22,17-11-6-4-7-12-17)18-13-8-5-9-14-18/h4-9,11-14,22H,10,15-16H2,1-3H3. The number of hydrogen-bond donors (Lipinski definition) is 1. The van der Waals surface area contributed by atoms with Gasteiger partial charge in [-0.25, -0.2) is 0 Å². The number of methoxy groups -OCH3 is 1. The Morgan fingerprint density at radius 2 is 1.46 bits per heavy atom. The van der Waals surface area contributed by atoms with Gasteiger partial charge in [0.15, 0.2) is 0 Å². The lowest BCUT2D eigenvalue weighted by molar-refractivity contribution is -0.140. The van der Waals surface area contributed by atoms with Crippen LogP contribution in [0.5, 0.6) is 0 Å². The molecule has 0 fully saturated rings. The summed E-state index contributed by atoms with van der Waals surface area (Å²) >= 11 is 0. The molecule has 128 valence electrons. The Kier molecular flexibility index (Phi) is 5.97. The fraction of sp³-hybridized carbons (Fsp3) is 0.350. The van der Waals surface area contributed by atoms with Gasteiger partial charge in [-0.05, 0) is 28.3 Å². The Morgan fingerprint density at radius 3 is 1.88 bits per heavy atom. The van der Waals surface area contributed by atoms with Gasteiger partial charge in [0.2, 0.25) is 0 Å². The summed E-state index contributed by atoms with van der Waals surface area (Å²) in [6.45, 7) is 4.22. The zero-order valence-electron chi connectivity index (χ0n) is 14.7. The Morgan fingerprint density at radius 1 is 1.00 bits per heavy atom. The molecule has 0 amide bonds. The lowest BCUT2D eigenvalue weighted by Gasteiger charge is -2.41. The number of rotatable bonds is 7. The summed E-state index contributed by atoms with van der Waals surface area (Å²) in [6.07, 6.45) is 1.84. The summed E-state index contributed by atoms with van der Waals surface area (Å²) in [6, 6.07) is 19.9. The summed E-state index contributed by atoms with van der Waals surface area (Å²) < 4.78 is 4.73. The van der Waals surface area contributed by atoms with Crippen LogP contribution in [0.4, 0.5) is 0 Å². The van der Waals surface area contributed by atoms with Crippen molar-refractivity contribution in [3.05, 3.63) is 60.7 Å². The van der Waals surface area contributed by atoms with Gasteiger partial charge in [0.25, 0.3) is 8.32 Å². The third-order valence-corrected chi connectivity index (χ3v) is 9.32. The second kappa shape index (κ2) is 7.77. The highest BCUT2D eigenvalue weighted by molar-refractivity contribution is 6.98. The van der Waals surface area contributed by atoms with Crippen LogP contribution in [-0.2, 0) is 9.53 Å². The van der Waals surface area contributed by atoms with E-state index in [0.717, 1.165) is 16.8 Å². The summed E-state index contributed by atoms with van der Waals surface area (Å²) in [7, 11) is -1.55. The van der Waals surface area contributed by atoms with Crippen LogP contribution in [0.2, 0.25) is 5.04 Å². The summed E-state index contributed by atoms with van der Waals surface area (Å²) in [5.74, 6) is -0.199. The first-order chi connectivity index (χ1) is 11.4. The molecule has 0 aliphatic rings. The second-order valence-corrected chi connectivity index (χ2v) is 10.7. The molecule has 0 bridgehead atoms. The van der Waals surface area contributed by atoms with Gasteiger partial charge < -0.3 is 9.53 Å². The number of benzene rings is 2. The minimum absolute atomic E-state index is 0.199. The van der Waals surface area contributed by atoms with Crippen molar-refractivity contribution in [2.45, 2.75) is 38.1 Å². The van der Waals surface area contributed by atoms with Crippen LogP contribution < -0.4 is 10.4 Å². The molecule has 0 spiro atoms. The maximum Gasteiger partial charge on any atom is 0.305 e. The molecule has 1 N–H and O–H groups in total. The van der Waals surface area contributed by atoms with Gasteiger partial charge in [0, 0.05) is 6.42 Å². The molecule has 0 aliphatic carbocycles. The molecule has 0 aliphatic heterocycles. The van der Waals surface area contributed by atoms with Gasteiger partial charge in [-0.3, -0.25) is 4.79 Å². The molecule has 2 rings (SSSR count). The van der Waals surface area contributed by atoms with Gasteiger partial charge in [-0.15, -0.1) is 0 Å². The molecule has 2 aromatic carbocycles. The van der Waals surface area contributed by atoms with E-state index >= 15 is 0 Å². The van der Waals surface area contributed by atoms with Crippen LogP contribution in [0.1, 0.15) is 33.1 Å². The zero-order valence-corrected chi connectivity index (χ0v) is 15.7. The fourth-order valence-corrected chi connectivity index (χ4v) is 7.05. The smallest absolute Gasteiger partial charge is 0.305 e. The SMILES string of the molecule is COC(=O)CCCC(C)(C)[Si](O)(c1ccccc1)c1ccccc1. The maximum atomic E-state index is 11.9. The topological polar surface area (TPSA) is 46.5 Å². The van der Waals surface area contributed by atoms with E-state index in [1.54, 1.807) is 0 Å². The molecule has 0 saturated heterocycles. The average molecular weight is 343 g/mol. The molecular formula is C20H26O3Si. The van der Waals surface area contributed by atoms with Crippen LogP contribution in [0.3, 0.4) is 0 Å². The lowest BCUT2D eigenvalue weighted by atomic mass is 10.1. The lowest BCUT2D eigenvalue weighted by Crippen LogP contribution is -2.65. The summed E-state index contributed by atoms with van der Waals surface area (Å²) in [5.41, 5.74) is 0. The number of esters is 1. The van der Waals surface area contributed by atoms with Gasteiger partial charge in [0.05, 0.1) is 7.11 Å². The van der Waals surface area contributed by atoms with E-state index in [0.29, 0.717) is 12.8 Å². The zero-order chi connectivity index (χ0) is 17.6. The van der Waals surface area contributed by atoms with Gasteiger partial charge >= 0.3 is 5.97 Å². The molecular weight excluding hydrogens is 316 g/mol. The Labute approximate surface area is 145 Å². The number of hydrogen-bond acceptors (Lipinski definition) is 3. The second-order valence-electron chi connectivity index (χ2n) is 6.76. The monoisotopic (exact) mass is 342 g/mol. The Bertz CT molecular complexity index is 614. The first-order valence-corrected chi connectivity index (χ1v) is 10.3. The minimum atomic E-state index is -2.96. The molecule has 0 atom stereocenters. The number of carbonyl (C=O) groups is 1. The quantitative estimate of drug-likeness (QED) is 0.622. The Balaban J connectivity index is 2.37. The van der Waals surface area contributed by atoms with E-state index in [2.05, 4.69) is 13.8 Å². The van der Waals surface area contributed by atoms with E-state index in [9.17, 15) is 9.59 Å². The van der Waals surface area contributed by atoms with Crippen molar-refractivity contribution in [2.75, 3.05) is 7.11 Å². The largest absolute Gasteiger partial charge is 0.469 e. The van der Waals surface area contributed by atoms with E-state index < -0.39 is 8.32 Å². The van der Waals surface area contributed by atoms with Crippen LogP contribution in [0.15, 0.2) is 60.7 Å². The Hall–Kier alpha value is -1.91. The minimum Gasteiger partial charge on any atom is -0.469 e. The van der Waals surface area contributed by atoms with Crippen molar-refractivity contribution < 1.29 is 14.3 Å². The molecule has 0 radical (unpaired) electrons. The van der Waals surface area contributed by atoms with Gasteiger partial charge in [0.1, 0.15) is 0 Å². The van der Waals surface area contributed by atoms with Crippen molar-refractivity contribution in [2.24, 2.45) is 0 Å². The van der Waals surface area contributed by atoms with Crippen molar-refractivity contribution in [3.63, 3.8) is 0 Å². The first-order valence-electron chi connectivity index (χ1n) is 8.32.